The van der Waals surface area contributed by atoms with Crippen LogP contribution in [0.4, 0.5) is 0 Å². The molecule has 0 aliphatic heterocycles. The van der Waals surface area contributed by atoms with Gasteiger partial charge in [0.2, 0.25) is 0 Å². The fourth-order valence-corrected chi connectivity index (χ4v) is 2.49. The number of aryl methyl sites for hydroxylation is 2. The second kappa shape index (κ2) is 5.48. The molecule has 4 heteroatoms. The van der Waals surface area contributed by atoms with Crippen LogP contribution in [-0.2, 0) is 0 Å². The SMILES string of the molecule is CC.Cc1c(O)ccc2c1c(=O)oc1cc(O)cc(C)c12. The van der Waals surface area contributed by atoms with Gasteiger partial charge in [-0.1, -0.05) is 13.8 Å². The molecule has 3 aromatic rings. The normalized spacial score (nSPS) is 10.5. The van der Waals surface area contributed by atoms with Crippen molar-refractivity contribution in [1.82, 2.24) is 0 Å². The fraction of sp³-hybridized carbons (Fsp3) is 0.235. The molecular formula is C17H18O4. The summed E-state index contributed by atoms with van der Waals surface area (Å²) in [7, 11) is 0. The predicted molar refractivity (Wildman–Crippen MR) is 84.1 cm³/mol. The Morgan fingerprint density at radius 1 is 1.00 bits per heavy atom. The zero-order chi connectivity index (χ0) is 15.7. The number of hydrogen-bond acceptors (Lipinski definition) is 4. The van der Waals surface area contributed by atoms with Crippen LogP contribution < -0.4 is 5.63 Å². The maximum absolute atomic E-state index is 12.0. The predicted octanol–water partition coefficient (Wildman–Crippen LogP) is 4.00. The highest BCUT2D eigenvalue weighted by molar-refractivity contribution is 6.07. The van der Waals surface area contributed by atoms with Crippen molar-refractivity contribution in [2.24, 2.45) is 0 Å². The van der Waals surface area contributed by atoms with Gasteiger partial charge in [0, 0.05) is 22.4 Å². The molecule has 110 valence electrons. The van der Waals surface area contributed by atoms with Crippen LogP contribution in [-0.4, -0.2) is 10.2 Å². The Kier molecular flexibility index (Phi) is 3.89. The molecule has 1 aromatic heterocycles. The van der Waals surface area contributed by atoms with E-state index < -0.39 is 5.63 Å². The summed E-state index contributed by atoms with van der Waals surface area (Å²) in [6, 6.07) is 6.29. The number of benzene rings is 2. The van der Waals surface area contributed by atoms with Crippen LogP contribution in [0.3, 0.4) is 0 Å². The first-order valence-electron chi connectivity index (χ1n) is 6.87. The lowest BCUT2D eigenvalue weighted by Crippen LogP contribution is -2.02. The van der Waals surface area contributed by atoms with Crippen molar-refractivity contribution in [3.8, 4) is 11.5 Å². The molecule has 1 heterocycles. The maximum Gasteiger partial charge on any atom is 0.344 e. The first-order valence-corrected chi connectivity index (χ1v) is 6.87. The van der Waals surface area contributed by atoms with Crippen molar-refractivity contribution in [3.63, 3.8) is 0 Å². The van der Waals surface area contributed by atoms with E-state index in [4.69, 9.17) is 4.42 Å². The van der Waals surface area contributed by atoms with Crippen molar-refractivity contribution < 1.29 is 14.6 Å². The number of rotatable bonds is 0. The third-order valence-electron chi connectivity index (χ3n) is 3.40. The zero-order valence-corrected chi connectivity index (χ0v) is 12.5. The Labute approximate surface area is 122 Å². The lowest BCUT2D eigenvalue weighted by atomic mass is 10.00. The number of hydrogen-bond donors (Lipinski definition) is 2. The molecule has 3 rings (SSSR count). The van der Waals surface area contributed by atoms with Crippen molar-refractivity contribution in [2.75, 3.05) is 0 Å². The minimum absolute atomic E-state index is 0.0583. The van der Waals surface area contributed by atoms with E-state index in [0.717, 1.165) is 16.3 Å². The molecule has 0 unspecified atom stereocenters. The van der Waals surface area contributed by atoms with E-state index >= 15 is 0 Å². The molecule has 0 bridgehead atoms. The van der Waals surface area contributed by atoms with E-state index in [2.05, 4.69) is 0 Å². The number of fused-ring (bicyclic) bond motifs is 3. The Balaban J connectivity index is 0.000000774. The third-order valence-corrected chi connectivity index (χ3v) is 3.40. The summed E-state index contributed by atoms with van der Waals surface area (Å²) < 4.78 is 5.25. The molecule has 21 heavy (non-hydrogen) atoms. The summed E-state index contributed by atoms with van der Waals surface area (Å²) in [5, 5.41) is 21.1. The molecule has 0 radical (unpaired) electrons. The van der Waals surface area contributed by atoms with Gasteiger partial charge in [0.25, 0.3) is 0 Å². The highest BCUT2D eigenvalue weighted by Gasteiger charge is 2.14. The van der Waals surface area contributed by atoms with Crippen LogP contribution in [0.1, 0.15) is 25.0 Å². The van der Waals surface area contributed by atoms with Gasteiger partial charge < -0.3 is 14.6 Å². The van der Waals surface area contributed by atoms with Crippen LogP contribution in [0, 0.1) is 13.8 Å². The first-order chi connectivity index (χ1) is 9.99. The molecule has 4 nitrogen and oxygen atoms in total. The first kappa shape index (κ1) is 14.9. The van der Waals surface area contributed by atoms with E-state index in [1.54, 1.807) is 25.1 Å². The monoisotopic (exact) mass is 286 g/mol. The van der Waals surface area contributed by atoms with Gasteiger partial charge in [0.15, 0.2) is 0 Å². The molecular weight excluding hydrogens is 268 g/mol. The fourth-order valence-electron chi connectivity index (χ4n) is 2.49. The summed E-state index contributed by atoms with van der Waals surface area (Å²) in [5.74, 6) is 0.124. The Morgan fingerprint density at radius 2 is 1.67 bits per heavy atom. The van der Waals surface area contributed by atoms with Crippen LogP contribution >= 0.6 is 0 Å². The highest BCUT2D eigenvalue weighted by Crippen LogP contribution is 2.32. The standard InChI is InChI=1S/C15H12O4.C2H6/c1-7-5-9(16)6-12-13(7)10-3-4-11(17)8(2)14(10)15(18)19-12;1-2/h3-6,16-17H,1-2H3;1-2H3. The minimum Gasteiger partial charge on any atom is -0.508 e. The van der Waals surface area contributed by atoms with Crippen LogP contribution in [0.2, 0.25) is 0 Å². The van der Waals surface area contributed by atoms with E-state index in [1.165, 1.54) is 6.07 Å². The van der Waals surface area contributed by atoms with Crippen LogP contribution in [0.5, 0.6) is 11.5 Å². The summed E-state index contributed by atoms with van der Waals surface area (Å²) in [6.07, 6.45) is 0. The molecule has 0 aliphatic carbocycles. The second-order valence-electron chi connectivity index (χ2n) is 4.66. The number of phenolic OH excluding ortho intramolecular Hbond substituents is 2. The summed E-state index contributed by atoms with van der Waals surface area (Å²) in [6.45, 7) is 7.51. The van der Waals surface area contributed by atoms with E-state index in [0.29, 0.717) is 16.5 Å². The van der Waals surface area contributed by atoms with Gasteiger partial charge in [-0.15, -0.1) is 0 Å². The molecule has 0 saturated carbocycles. The van der Waals surface area contributed by atoms with Gasteiger partial charge in [0.1, 0.15) is 17.1 Å². The van der Waals surface area contributed by atoms with Gasteiger partial charge in [0.05, 0.1) is 5.39 Å². The van der Waals surface area contributed by atoms with Crippen LogP contribution in [0.25, 0.3) is 21.7 Å². The number of phenols is 2. The second-order valence-corrected chi connectivity index (χ2v) is 4.66. The van der Waals surface area contributed by atoms with Gasteiger partial charge in [-0.05, 0) is 37.6 Å². The molecule has 0 amide bonds. The average molecular weight is 286 g/mol. The highest BCUT2D eigenvalue weighted by atomic mass is 16.4. The molecule has 0 saturated heterocycles. The smallest absolute Gasteiger partial charge is 0.344 e. The summed E-state index contributed by atoms with van der Waals surface area (Å²) in [4.78, 5) is 12.0. The zero-order valence-electron chi connectivity index (χ0n) is 12.5. The lowest BCUT2D eigenvalue weighted by molar-refractivity contribution is 0.470. The molecule has 0 atom stereocenters. The van der Waals surface area contributed by atoms with E-state index in [9.17, 15) is 15.0 Å². The Bertz CT molecular complexity index is 875. The van der Waals surface area contributed by atoms with E-state index in [-0.39, 0.29) is 11.5 Å². The topological polar surface area (TPSA) is 70.7 Å². The Hall–Kier alpha value is -2.49. The largest absolute Gasteiger partial charge is 0.508 e. The molecule has 2 aromatic carbocycles. The van der Waals surface area contributed by atoms with Gasteiger partial charge >= 0.3 is 5.63 Å². The van der Waals surface area contributed by atoms with Crippen LogP contribution in [0.15, 0.2) is 33.5 Å². The molecule has 0 fully saturated rings. The van der Waals surface area contributed by atoms with Gasteiger partial charge in [-0.2, -0.15) is 0 Å². The van der Waals surface area contributed by atoms with Gasteiger partial charge in [-0.3, -0.25) is 0 Å². The van der Waals surface area contributed by atoms with Crippen molar-refractivity contribution >= 4 is 21.7 Å². The average Bonchev–Trinajstić information content (AvgIpc) is 2.43. The molecule has 2 N–H and O–H groups in total. The third kappa shape index (κ3) is 2.33. The van der Waals surface area contributed by atoms with Gasteiger partial charge in [-0.25, -0.2) is 4.79 Å². The summed E-state index contributed by atoms with van der Waals surface area (Å²) in [5.41, 5.74) is 1.15. The Morgan fingerprint density at radius 3 is 2.33 bits per heavy atom. The minimum atomic E-state index is -0.513. The van der Waals surface area contributed by atoms with Crippen molar-refractivity contribution in [1.29, 1.82) is 0 Å². The maximum atomic E-state index is 12.0. The lowest BCUT2D eigenvalue weighted by Gasteiger charge is -2.08. The van der Waals surface area contributed by atoms with Crippen molar-refractivity contribution in [3.05, 3.63) is 45.8 Å². The van der Waals surface area contributed by atoms with Crippen molar-refractivity contribution in [2.45, 2.75) is 27.7 Å². The quantitative estimate of drug-likeness (QED) is 0.484. The summed E-state index contributed by atoms with van der Waals surface area (Å²) >= 11 is 0. The molecule has 0 spiro atoms. The van der Waals surface area contributed by atoms with E-state index in [1.807, 2.05) is 20.8 Å². The number of aromatic hydroxyl groups is 2. The molecule has 0 aliphatic rings.